The number of phenolic OH excluding ortho intramolecular Hbond substituents is 1. The number of carbonyl (C=O) groups excluding carboxylic acids is 1. The van der Waals surface area contributed by atoms with Crippen LogP contribution in [0.5, 0.6) is 11.5 Å². The van der Waals surface area contributed by atoms with Gasteiger partial charge in [0.25, 0.3) is 5.91 Å². The van der Waals surface area contributed by atoms with Crippen molar-refractivity contribution in [2.75, 3.05) is 11.4 Å². The molecule has 0 saturated carbocycles. The molecule has 23 heavy (non-hydrogen) atoms. The van der Waals surface area contributed by atoms with Crippen LogP contribution in [0, 0.1) is 17.1 Å². The molecule has 0 aliphatic carbocycles. The third-order valence-electron chi connectivity index (χ3n) is 3.64. The molecule has 116 valence electrons. The van der Waals surface area contributed by atoms with Crippen molar-refractivity contribution in [3.8, 4) is 17.6 Å². The Morgan fingerprint density at radius 3 is 2.83 bits per heavy atom. The van der Waals surface area contributed by atoms with Crippen molar-refractivity contribution in [2.45, 2.75) is 12.5 Å². The molecule has 1 amide bonds. The van der Waals surface area contributed by atoms with Crippen LogP contribution in [0.15, 0.2) is 42.5 Å². The van der Waals surface area contributed by atoms with Crippen molar-refractivity contribution in [3.63, 3.8) is 0 Å². The van der Waals surface area contributed by atoms with E-state index in [9.17, 15) is 14.3 Å². The van der Waals surface area contributed by atoms with Crippen molar-refractivity contribution < 1.29 is 19.0 Å². The Labute approximate surface area is 132 Å². The Kier molecular flexibility index (Phi) is 3.85. The van der Waals surface area contributed by atoms with Gasteiger partial charge in [-0.25, -0.2) is 4.39 Å². The Hall–Kier alpha value is -3.07. The number of carbonyl (C=O) groups is 1. The lowest BCUT2D eigenvalue weighted by atomic mass is 10.0. The zero-order valence-electron chi connectivity index (χ0n) is 12.1. The minimum atomic E-state index is -0.949. The van der Waals surface area contributed by atoms with E-state index in [2.05, 4.69) is 0 Å². The third kappa shape index (κ3) is 2.81. The van der Waals surface area contributed by atoms with E-state index in [1.807, 2.05) is 6.07 Å². The van der Waals surface area contributed by atoms with E-state index in [4.69, 9.17) is 10.00 Å². The largest absolute Gasteiger partial charge is 0.508 e. The van der Waals surface area contributed by atoms with E-state index < -0.39 is 17.8 Å². The average molecular weight is 312 g/mol. The van der Waals surface area contributed by atoms with E-state index in [0.29, 0.717) is 17.0 Å². The molecule has 1 aliphatic rings. The fourth-order valence-corrected chi connectivity index (χ4v) is 2.54. The maximum absolute atomic E-state index is 13.8. The molecular weight excluding hydrogens is 299 g/mol. The second-order valence-corrected chi connectivity index (χ2v) is 5.14. The van der Waals surface area contributed by atoms with Gasteiger partial charge in [0.2, 0.25) is 0 Å². The molecule has 1 unspecified atom stereocenters. The van der Waals surface area contributed by atoms with Gasteiger partial charge in [0, 0.05) is 12.5 Å². The number of hydrogen-bond donors (Lipinski definition) is 1. The monoisotopic (exact) mass is 312 g/mol. The van der Waals surface area contributed by atoms with Crippen LogP contribution in [-0.4, -0.2) is 23.7 Å². The number of halogens is 1. The van der Waals surface area contributed by atoms with Gasteiger partial charge in [-0.2, -0.15) is 5.26 Å². The highest BCUT2D eigenvalue weighted by atomic mass is 19.1. The summed E-state index contributed by atoms with van der Waals surface area (Å²) in [5, 5.41) is 18.5. The number of fused-ring (bicyclic) bond motifs is 1. The minimum Gasteiger partial charge on any atom is -0.508 e. The highest BCUT2D eigenvalue weighted by molar-refractivity contribution is 6.00. The molecule has 1 heterocycles. The number of aromatic hydroxyl groups is 1. The molecule has 3 rings (SSSR count). The second-order valence-electron chi connectivity index (χ2n) is 5.14. The van der Waals surface area contributed by atoms with E-state index in [1.165, 1.54) is 29.2 Å². The van der Waals surface area contributed by atoms with Crippen molar-refractivity contribution in [1.29, 1.82) is 5.26 Å². The molecule has 1 atom stereocenters. The van der Waals surface area contributed by atoms with Crippen LogP contribution in [0.2, 0.25) is 0 Å². The first-order valence-corrected chi connectivity index (χ1v) is 7.01. The summed E-state index contributed by atoms with van der Waals surface area (Å²) in [7, 11) is 0. The lowest BCUT2D eigenvalue weighted by Crippen LogP contribution is -2.47. The van der Waals surface area contributed by atoms with Crippen LogP contribution in [0.3, 0.4) is 0 Å². The first kappa shape index (κ1) is 14.9. The van der Waals surface area contributed by atoms with Gasteiger partial charge in [-0.05, 0) is 23.8 Å². The molecule has 6 heteroatoms. The molecule has 1 N–H and O–H groups in total. The normalized spacial score (nSPS) is 16.4. The number of anilines is 1. The van der Waals surface area contributed by atoms with Gasteiger partial charge >= 0.3 is 0 Å². The number of nitriles is 1. The molecule has 1 aliphatic heterocycles. The molecule has 0 radical (unpaired) electrons. The molecule has 0 fully saturated rings. The minimum absolute atomic E-state index is 0.0142. The van der Waals surface area contributed by atoms with Crippen molar-refractivity contribution in [2.24, 2.45) is 0 Å². The lowest BCUT2D eigenvalue weighted by Gasteiger charge is -2.33. The molecule has 0 bridgehead atoms. The summed E-state index contributed by atoms with van der Waals surface area (Å²) in [4.78, 5) is 13.8. The van der Waals surface area contributed by atoms with E-state index in [-0.39, 0.29) is 18.7 Å². The van der Waals surface area contributed by atoms with Gasteiger partial charge in [-0.3, -0.25) is 9.69 Å². The number of amides is 1. The highest BCUT2D eigenvalue weighted by Gasteiger charge is 2.35. The maximum Gasteiger partial charge on any atom is 0.269 e. The molecule has 2 aromatic carbocycles. The molecule has 5 nitrogen and oxygen atoms in total. The maximum atomic E-state index is 13.8. The molecular formula is C17H13FN2O3. The van der Waals surface area contributed by atoms with Crippen LogP contribution in [0.1, 0.15) is 5.56 Å². The highest BCUT2D eigenvalue weighted by Crippen LogP contribution is 2.37. The zero-order valence-corrected chi connectivity index (χ0v) is 12.1. The number of ether oxygens (including phenoxy) is 1. The standard InChI is InChI=1S/C17H13FN2O3/c18-13-4-2-1-3-11(13)9-16-17(22)20(8-7-19)14-6-5-12(21)10-15(14)23-16/h1-6,10,16,21H,8-9H2. The predicted octanol–water partition coefficient (Wildman–Crippen LogP) is 2.39. The fourth-order valence-electron chi connectivity index (χ4n) is 2.54. The number of rotatable bonds is 3. The third-order valence-corrected chi connectivity index (χ3v) is 3.64. The van der Waals surface area contributed by atoms with Gasteiger partial charge in [0.1, 0.15) is 23.9 Å². The van der Waals surface area contributed by atoms with Crippen LogP contribution >= 0.6 is 0 Å². The van der Waals surface area contributed by atoms with Crippen LogP contribution in [0.4, 0.5) is 10.1 Å². The van der Waals surface area contributed by atoms with Crippen molar-refractivity contribution in [1.82, 2.24) is 0 Å². The van der Waals surface area contributed by atoms with Crippen LogP contribution < -0.4 is 9.64 Å². The molecule has 2 aromatic rings. The summed E-state index contributed by atoms with van der Waals surface area (Å²) in [5.41, 5.74) is 0.769. The number of benzene rings is 2. The van der Waals surface area contributed by atoms with Crippen molar-refractivity contribution >= 4 is 11.6 Å². The fraction of sp³-hybridized carbons (Fsp3) is 0.176. The summed E-state index contributed by atoms with van der Waals surface area (Å²) in [6.45, 7) is -0.145. The summed E-state index contributed by atoms with van der Waals surface area (Å²) < 4.78 is 19.4. The summed E-state index contributed by atoms with van der Waals surface area (Å²) in [5.74, 6) is -0.550. The Morgan fingerprint density at radius 2 is 2.09 bits per heavy atom. The topological polar surface area (TPSA) is 73.6 Å². The first-order valence-electron chi connectivity index (χ1n) is 7.01. The van der Waals surface area contributed by atoms with E-state index in [0.717, 1.165) is 0 Å². The molecule has 0 saturated heterocycles. The first-order chi connectivity index (χ1) is 11.1. The van der Waals surface area contributed by atoms with Gasteiger partial charge in [0.15, 0.2) is 6.10 Å². The van der Waals surface area contributed by atoms with E-state index in [1.54, 1.807) is 18.2 Å². The van der Waals surface area contributed by atoms with E-state index >= 15 is 0 Å². The van der Waals surface area contributed by atoms with Gasteiger partial charge in [0.05, 0.1) is 11.8 Å². The Morgan fingerprint density at radius 1 is 1.30 bits per heavy atom. The number of nitrogens with zero attached hydrogens (tertiary/aromatic N) is 2. The summed E-state index contributed by atoms with van der Waals surface area (Å²) in [6.07, 6.45) is -0.905. The van der Waals surface area contributed by atoms with Crippen LogP contribution in [0.25, 0.3) is 0 Å². The molecule has 0 aromatic heterocycles. The lowest BCUT2D eigenvalue weighted by molar-refractivity contribution is -0.126. The Bertz CT molecular complexity index is 801. The average Bonchev–Trinajstić information content (AvgIpc) is 2.53. The number of hydrogen-bond acceptors (Lipinski definition) is 4. The molecule has 0 spiro atoms. The van der Waals surface area contributed by atoms with Gasteiger partial charge in [-0.15, -0.1) is 0 Å². The predicted molar refractivity (Wildman–Crippen MR) is 80.6 cm³/mol. The summed E-state index contributed by atoms with van der Waals surface area (Å²) >= 11 is 0. The van der Waals surface area contributed by atoms with Gasteiger partial charge < -0.3 is 9.84 Å². The quantitative estimate of drug-likeness (QED) is 0.883. The second kappa shape index (κ2) is 5.97. The van der Waals surface area contributed by atoms with Gasteiger partial charge in [-0.1, -0.05) is 18.2 Å². The Balaban J connectivity index is 1.95. The number of phenols is 1. The van der Waals surface area contributed by atoms with Crippen LogP contribution in [-0.2, 0) is 11.2 Å². The summed E-state index contributed by atoms with van der Waals surface area (Å²) in [6, 6.07) is 12.4. The smallest absolute Gasteiger partial charge is 0.269 e. The SMILES string of the molecule is N#CCN1C(=O)C(Cc2ccccc2F)Oc2cc(O)ccc21. The zero-order chi connectivity index (χ0) is 16.4. The van der Waals surface area contributed by atoms with Crippen molar-refractivity contribution in [3.05, 3.63) is 53.8 Å².